The van der Waals surface area contributed by atoms with E-state index in [4.69, 9.17) is 4.74 Å². The molecule has 6 nitrogen and oxygen atoms in total. The molecule has 0 amide bonds. The van der Waals surface area contributed by atoms with Crippen LogP contribution in [0.3, 0.4) is 0 Å². The minimum Gasteiger partial charge on any atom is -0.377 e. The standard InChI is InChI=1S/C19H29N5O.HI/c1-5-20-18(23-15-19(2,3)25-4)22-13-17-21-11-12-24(17)14-16-9-7-6-8-10-16;/h6-12H,5,13-15H2,1-4H3,(H2,20,22,23);1H. The van der Waals surface area contributed by atoms with Gasteiger partial charge in [-0.2, -0.15) is 0 Å². The van der Waals surface area contributed by atoms with Gasteiger partial charge in [0.15, 0.2) is 5.96 Å². The van der Waals surface area contributed by atoms with Gasteiger partial charge in [-0.15, -0.1) is 24.0 Å². The minimum atomic E-state index is -0.248. The summed E-state index contributed by atoms with van der Waals surface area (Å²) in [5.74, 6) is 1.70. The predicted octanol–water partition coefficient (Wildman–Crippen LogP) is 3.03. The van der Waals surface area contributed by atoms with Gasteiger partial charge in [0, 0.05) is 39.1 Å². The topological polar surface area (TPSA) is 63.5 Å². The second-order valence-electron chi connectivity index (χ2n) is 6.47. The fourth-order valence-corrected chi connectivity index (χ4v) is 2.28. The van der Waals surface area contributed by atoms with Gasteiger partial charge < -0.3 is 19.9 Å². The number of benzene rings is 1. The van der Waals surface area contributed by atoms with Crippen LogP contribution < -0.4 is 10.6 Å². The van der Waals surface area contributed by atoms with Crippen molar-refractivity contribution >= 4 is 29.9 Å². The molecule has 1 heterocycles. The molecule has 26 heavy (non-hydrogen) atoms. The molecule has 0 spiro atoms. The molecule has 0 aliphatic rings. The van der Waals surface area contributed by atoms with E-state index in [1.807, 2.05) is 32.3 Å². The van der Waals surface area contributed by atoms with Crippen LogP contribution in [-0.2, 0) is 17.8 Å². The summed E-state index contributed by atoms with van der Waals surface area (Å²) < 4.78 is 7.57. The summed E-state index contributed by atoms with van der Waals surface area (Å²) in [6, 6.07) is 10.4. The van der Waals surface area contributed by atoms with Crippen LogP contribution in [0.25, 0.3) is 0 Å². The zero-order valence-electron chi connectivity index (χ0n) is 16.0. The largest absolute Gasteiger partial charge is 0.377 e. The number of aromatic nitrogens is 2. The predicted molar refractivity (Wildman–Crippen MR) is 117 cm³/mol. The number of imidazole rings is 1. The highest BCUT2D eigenvalue weighted by atomic mass is 127. The molecule has 7 heteroatoms. The Morgan fingerprint density at radius 3 is 2.62 bits per heavy atom. The molecular formula is C19H30IN5O. The van der Waals surface area contributed by atoms with Crippen LogP contribution in [0.2, 0.25) is 0 Å². The first-order valence-electron chi connectivity index (χ1n) is 8.65. The lowest BCUT2D eigenvalue weighted by Crippen LogP contribution is -2.45. The molecule has 0 radical (unpaired) electrons. The zero-order chi connectivity index (χ0) is 18.1. The van der Waals surface area contributed by atoms with E-state index >= 15 is 0 Å². The third-order valence-electron chi connectivity index (χ3n) is 3.95. The Hall–Kier alpha value is -1.61. The smallest absolute Gasteiger partial charge is 0.191 e. The number of guanidine groups is 1. The van der Waals surface area contributed by atoms with Crippen LogP contribution >= 0.6 is 24.0 Å². The molecule has 0 aliphatic heterocycles. The number of hydrogen-bond acceptors (Lipinski definition) is 3. The molecule has 0 fully saturated rings. The molecule has 1 aromatic carbocycles. The Kier molecular flexibility index (Phi) is 9.64. The van der Waals surface area contributed by atoms with Crippen LogP contribution in [0.5, 0.6) is 0 Å². The molecule has 0 atom stereocenters. The lowest BCUT2D eigenvalue weighted by atomic mass is 10.1. The van der Waals surface area contributed by atoms with Crippen LogP contribution in [0.1, 0.15) is 32.2 Å². The van der Waals surface area contributed by atoms with E-state index in [0.29, 0.717) is 13.1 Å². The van der Waals surface area contributed by atoms with Gasteiger partial charge in [0.1, 0.15) is 12.4 Å². The van der Waals surface area contributed by atoms with Crippen LogP contribution in [0, 0.1) is 0 Å². The van der Waals surface area contributed by atoms with Gasteiger partial charge >= 0.3 is 0 Å². The summed E-state index contributed by atoms with van der Waals surface area (Å²) in [5.41, 5.74) is 1.000. The van der Waals surface area contributed by atoms with E-state index in [1.165, 1.54) is 5.56 Å². The summed E-state index contributed by atoms with van der Waals surface area (Å²) in [6.45, 7) is 8.92. The van der Waals surface area contributed by atoms with E-state index in [1.54, 1.807) is 7.11 Å². The first kappa shape index (κ1) is 22.4. The number of methoxy groups -OCH3 is 1. The molecule has 2 N–H and O–H groups in total. The van der Waals surface area contributed by atoms with Crippen molar-refractivity contribution in [3.63, 3.8) is 0 Å². The molecule has 1 aromatic heterocycles. The van der Waals surface area contributed by atoms with Crippen molar-refractivity contribution in [3.05, 3.63) is 54.1 Å². The Morgan fingerprint density at radius 2 is 1.96 bits per heavy atom. The third-order valence-corrected chi connectivity index (χ3v) is 3.95. The first-order chi connectivity index (χ1) is 12.0. The van der Waals surface area contributed by atoms with E-state index in [9.17, 15) is 0 Å². The highest BCUT2D eigenvalue weighted by Crippen LogP contribution is 2.07. The molecule has 2 aromatic rings. The van der Waals surface area contributed by atoms with Crippen molar-refractivity contribution in [3.8, 4) is 0 Å². The van der Waals surface area contributed by atoms with Gasteiger partial charge in [0.25, 0.3) is 0 Å². The number of ether oxygens (including phenoxy) is 1. The molecular weight excluding hydrogens is 441 g/mol. The summed E-state index contributed by atoms with van der Waals surface area (Å²) in [5, 5.41) is 6.58. The van der Waals surface area contributed by atoms with Crippen LogP contribution in [-0.4, -0.2) is 41.3 Å². The maximum Gasteiger partial charge on any atom is 0.191 e. The number of nitrogens with one attached hydrogen (secondary N) is 2. The Balaban J connectivity index is 0.00000338. The second kappa shape index (κ2) is 11.2. The summed E-state index contributed by atoms with van der Waals surface area (Å²) >= 11 is 0. The molecule has 2 rings (SSSR count). The van der Waals surface area contributed by atoms with Crippen molar-refractivity contribution in [1.82, 2.24) is 20.2 Å². The average Bonchev–Trinajstić information content (AvgIpc) is 3.05. The zero-order valence-corrected chi connectivity index (χ0v) is 18.4. The maximum absolute atomic E-state index is 5.44. The quantitative estimate of drug-likeness (QED) is 0.353. The fraction of sp³-hybridized carbons (Fsp3) is 0.474. The normalized spacial score (nSPS) is 11.8. The number of rotatable bonds is 8. The van der Waals surface area contributed by atoms with Crippen LogP contribution in [0.15, 0.2) is 47.7 Å². The van der Waals surface area contributed by atoms with Crippen LogP contribution in [0.4, 0.5) is 0 Å². The monoisotopic (exact) mass is 471 g/mol. The SMILES string of the molecule is CCNC(=NCc1nccn1Cc1ccccc1)NCC(C)(C)OC.I. The van der Waals surface area contributed by atoms with E-state index in [0.717, 1.165) is 24.9 Å². The van der Waals surface area contributed by atoms with Crippen molar-refractivity contribution in [1.29, 1.82) is 0 Å². The molecule has 0 saturated heterocycles. The molecule has 0 unspecified atom stereocenters. The Morgan fingerprint density at radius 1 is 1.23 bits per heavy atom. The average molecular weight is 471 g/mol. The summed E-state index contributed by atoms with van der Waals surface area (Å²) in [7, 11) is 1.71. The number of nitrogens with zero attached hydrogens (tertiary/aromatic N) is 3. The van der Waals surface area contributed by atoms with Gasteiger partial charge in [0.05, 0.1) is 5.60 Å². The fourth-order valence-electron chi connectivity index (χ4n) is 2.28. The maximum atomic E-state index is 5.44. The van der Waals surface area contributed by atoms with E-state index in [-0.39, 0.29) is 29.6 Å². The lowest BCUT2D eigenvalue weighted by molar-refractivity contribution is 0.0268. The van der Waals surface area contributed by atoms with Gasteiger partial charge in [-0.1, -0.05) is 30.3 Å². The Bertz CT molecular complexity index is 670. The highest BCUT2D eigenvalue weighted by molar-refractivity contribution is 14.0. The highest BCUT2D eigenvalue weighted by Gasteiger charge is 2.16. The van der Waals surface area contributed by atoms with Crippen molar-refractivity contribution in [2.75, 3.05) is 20.2 Å². The third kappa shape index (κ3) is 7.33. The van der Waals surface area contributed by atoms with E-state index in [2.05, 4.69) is 56.4 Å². The minimum absolute atomic E-state index is 0. The number of halogens is 1. The van der Waals surface area contributed by atoms with Crippen molar-refractivity contribution in [2.45, 2.75) is 39.5 Å². The summed E-state index contributed by atoms with van der Waals surface area (Å²) in [6.07, 6.45) is 3.81. The first-order valence-corrected chi connectivity index (χ1v) is 8.65. The summed E-state index contributed by atoms with van der Waals surface area (Å²) in [4.78, 5) is 9.10. The van der Waals surface area contributed by atoms with Crippen molar-refractivity contribution < 1.29 is 4.74 Å². The molecule has 0 saturated carbocycles. The van der Waals surface area contributed by atoms with E-state index < -0.39 is 0 Å². The second-order valence-corrected chi connectivity index (χ2v) is 6.47. The molecule has 0 bridgehead atoms. The lowest BCUT2D eigenvalue weighted by Gasteiger charge is -2.24. The van der Waals surface area contributed by atoms with Gasteiger partial charge in [-0.3, -0.25) is 0 Å². The van der Waals surface area contributed by atoms with Gasteiger partial charge in [0.2, 0.25) is 0 Å². The Labute approximate surface area is 173 Å². The van der Waals surface area contributed by atoms with Gasteiger partial charge in [-0.25, -0.2) is 9.98 Å². The van der Waals surface area contributed by atoms with Gasteiger partial charge in [-0.05, 0) is 26.3 Å². The molecule has 0 aliphatic carbocycles. The van der Waals surface area contributed by atoms with Crippen molar-refractivity contribution in [2.24, 2.45) is 4.99 Å². The number of hydrogen-bond donors (Lipinski definition) is 2. The number of aliphatic imine (C=N–C) groups is 1. The molecule has 144 valence electrons.